The zero-order chi connectivity index (χ0) is 14.0. The Morgan fingerprint density at radius 1 is 1.42 bits per heavy atom. The summed E-state index contributed by atoms with van der Waals surface area (Å²) < 4.78 is 5.35. The molecule has 1 aromatic rings. The van der Waals surface area contributed by atoms with Crippen molar-refractivity contribution in [2.24, 2.45) is 0 Å². The highest BCUT2D eigenvalue weighted by Gasteiger charge is 2.41. The summed E-state index contributed by atoms with van der Waals surface area (Å²) in [5.74, 6) is 0.346. The molecule has 1 aliphatic heterocycles. The van der Waals surface area contributed by atoms with E-state index in [-0.39, 0.29) is 12.5 Å². The van der Waals surface area contributed by atoms with E-state index in [2.05, 4.69) is 0 Å². The molecule has 1 aromatic carbocycles. The van der Waals surface area contributed by atoms with Crippen LogP contribution in [0.25, 0.3) is 0 Å². The van der Waals surface area contributed by atoms with Crippen molar-refractivity contribution in [3.05, 3.63) is 28.2 Å². The van der Waals surface area contributed by atoms with E-state index in [0.29, 0.717) is 35.3 Å². The lowest BCUT2D eigenvalue weighted by molar-refractivity contribution is -0.157. The quantitative estimate of drug-likeness (QED) is 0.929. The number of β-amino-alcohol motifs (C(OH)–C–C–N with tert-alkyl or cyclic N) is 1. The molecule has 1 heterocycles. The highest BCUT2D eigenvalue weighted by atomic mass is 35.5. The Morgan fingerprint density at radius 2 is 2.11 bits per heavy atom. The average molecular weight is 304 g/mol. The number of hydrogen-bond acceptors (Lipinski definition) is 3. The Hall–Kier alpha value is -0.970. The van der Waals surface area contributed by atoms with Gasteiger partial charge in [0.1, 0.15) is 5.75 Å². The van der Waals surface area contributed by atoms with Gasteiger partial charge in [0.2, 0.25) is 0 Å². The molecule has 19 heavy (non-hydrogen) atoms. The van der Waals surface area contributed by atoms with Crippen molar-refractivity contribution < 1.29 is 14.6 Å². The number of ether oxygens (including phenoxy) is 1. The highest BCUT2D eigenvalue weighted by molar-refractivity contribution is 6.42. The van der Waals surface area contributed by atoms with E-state index < -0.39 is 5.60 Å². The molecule has 1 aliphatic rings. The molecule has 0 aliphatic carbocycles. The third-order valence-electron chi connectivity index (χ3n) is 3.23. The van der Waals surface area contributed by atoms with Gasteiger partial charge in [-0.1, -0.05) is 30.1 Å². The number of aliphatic hydroxyl groups is 1. The number of carbonyl (C=O) groups excluding carboxylic acids is 1. The predicted molar refractivity (Wildman–Crippen MR) is 73.8 cm³/mol. The van der Waals surface area contributed by atoms with Gasteiger partial charge in [-0.25, -0.2) is 0 Å². The molecule has 1 fully saturated rings. The Kier molecular flexibility index (Phi) is 4.23. The van der Waals surface area contributed by atoms with Gasteiger partial charge in [-0.05, 0) is 18.6 Å². The van der Waals surface area contributed by atoms with Crippen LogP contribution >= 0.6 is 23.2 Å². The van der Waals surface area contributed by atoms with Crippen LogP contribution in [0.3, 0.4) is 0 Å². The van der Waals surface area contributed by atoms with E-state index in [1.54, 1.807) is 23.1 Å². The lowest BCUT2D eigenvalue weighted by Crippen LogP contribution is -2.63. The minimum absolute atomic E-state index is 0.0717. The molecule has 0 spiro atoms. The first kappa shape index (κ1) is 14.4. The summed E-state index contributed by atoms with van der Waals surface area (Å²) >= 11 is 11.6. The minimum Gasteiger partial charge on any atom is -0.484 e. The lowest BCUT2D eigenvalue weighted by Gasteiger charge is -2.45. The Morgan fingerprint density at radius 3 is 2.68 bits per heavy atom. The fraction of sp³-hybridized carbons (Fsp3) is 0.462. The van der Waals surface area contributed by atoms with Crippen LogP contribution in [0.15, 0.2) is 18.2 Å². The molecule has 2 rings (SSSR count). The van der Waals surface area contributed by atoms with Gasteiger partial charge >= 0.3 is 0 Å². The Balaban J connectivity index is 1.83. The van der Waals surface area contributed by atoms with Gasteiger partial charge in [0.25, 0.3) is 5.91 Å². The van der Waals surface area contributed by atoms with Crippen LogP contribution < -0.4 is 4.74 Å². The first-order valence-electron chi connectivity index (χ1n) is 6.01. The van der Waals surface area contributed by atoms with E-state index in [1.807, 2.05) is 6.92 Å². The van der Waals surface area contributed by atoms with E-state index in [0.717, 1.165) is 0 Å². The highest BCUT2D eigenvalue weighted by Crippen LogP contribution is 2.27. The topological polar surface area (TPSA) is 49.8 Å². The van der Waals surface area contributed by atoms with Gasteiger partial charge in [-0.2, -0.15) is 0 Å². The number of carbonyl (C=O) groups is 1. The van der Waals surface area contributed by atoms with Crippen LogP contribution in [-0.2, 0) is 4.79 Å². The minimum atomic E-state index is -0.723. The molecule has 0 unspecified atom stereocenters. The number of rotatable bonds is 4. The monoisotopic (exact) mass is 303 g/mol. The predicted octanol–water partition coefficient (Wildman–Crippen LogP) is 2.36. The molecule has 0 radical (unpaired) electrons. The van der Waals surface area contributed by atoms with E-state index in [1.165, 1.54) is 0 Å². The molecule has 0 saturated carbocycles. The summed E-state index contributed by atoms with van der Waals surface area (Å²) in [6.45, 7) is 2.56. The van der Waals surface area contributed by atoms with Crippen molar-refractivity contribution in [1.82, 2.24) is 4.90 Å². The number of likely N-dealkylation sites (tertiary alicyclic amines) is 1. The standard InChI is InChI=1S/C13H15Cl2NO3/c1-2-13(18)7-16(8-13)12(17)6-19-9-3-4-10(14)11(15)5-9/h3-5,18H,2,6-8H2,1H3. The number of hydrogen-bond donors (Lipinski definition) is 1. The fourth-order valence-corrected chi connectivity index (χ4v) is 2.16. The summed E-state index contributed by atoms with van der Waals surface area (Å²) in [5.41, 5.74) is -0.723. The second-order valence-corrected chi connectivity index (χ2v) is 5.51. The van der Waals surface area contributed by atoms with Gasteiger partial charge in [-0.3, -0.25) is 4.79 Å². The van der Waals surface area contributed by atoms with Crippen molar-refractivity contribution in [3.8, 4) is 5.75 Å². The molecule has 1 N–H and O–H groups in total. The zero-order valence-electron chi connectivity index (χ0n) is 10.5. The largest absolute Gasteiger partial charge is 0.484 e. The third kappa shape index (κ3) is 3.32. The van der Waals surface area contributed by atoms with E-state index in [4.69, 9.17) is 27.9 Å². The fourth-order valence-electron chi connectivity index (χ4n) is 1.87. The van der Waals surface area contributed by atoms with Crippen molar-refractivity contribution in [2.45, 2.75) is 18.9 Å². The maximum atomic E-state index is 11.8. The van der Waals surface area contributed by atoms with Crippen LogP contribution in [0.2, 0.25) is 10.0 Å². The van der Waals surface area contributed by atoms with Gasteiger partial charge in [0, 0.05) is 6.07 Å². The Labute approximate surface area is 121 Å². The average Bonchev–Trinajstić information content (AvgIpc) is 2.36. The first-order chi connectivity index (χ1) is 8.93. The second kappa shape index (κ2) is 5.57. The van der Waals surface area contributed by atoms with Crippen molar-refractivity contribution in [3.63, 3.8) is 0 Å². The number of benzene rings is 1. The molecular formula is C13H15Cl2NO3. The maximum absolute atomic E-state index is 11.8. The van der Waals surface area contributed by atoms with Crippen LogP contribution in [0.1, 0.15) is 13.3 Å². The number of halogens is 2. The van der Waals surface area contributed by atoms with E-state index >= 15 is 0 Å². The van der Waals surface area contributed by atoms with Gasteiger partial charge in [0.15, 0.2) is 6.61 Å². The van der Waals surface area contributed by atoms with E-state index in [9.17, 15) is 9.90 Å². The molecule has 0 atom stereocenters. The summed E-state index contributed by atoms with van der Waals surface area (Å²) in [4.78, 5) is 13.4. The summed E-state index contributed by atoms with van der Waals surface area (Å²) in [5, 5.41) is 10.6. The van der Waals surface area contributed by atoms with Gasteiger partial charge < -0.3 is 14.7 Å². The molecule has 0 bridgehead atoms. The SMILES string of the molecule is CCC1(O)CN(C(=O)COc2ccc(Cl)c(Cl)c2)C1. The molecule has 6 heteroatoms. The molecule has 1 amide bonds. The van der Waals surface area contributed by atoms with Crippen molar-refractivity contribution in [2.75, 3.05) is 19.7 Å². The number of amides is 1. The van der Waals surface area contributed by atoms with Crippen LogP contribution in [0.4, 0.5) is 0 Å². The number of nitrogens with zero attached hydrogens (tertiary/aromatic N) is 1. The summed E-state index contributed by atoms with van der Waals surface area (Å²) in [7, 11) is 0. The summed E-state index contributed by atoms with van der Waals surface area (Å²) in [6, 6.07) is 4.83. The summed E-state index contributed by atoms with van der Waals surface area (Å²) in [6.07, 6.45) is 0.643. The molecular weight excluding hydrogens is 289 g/mol. The maximum Gasteiger partial charge on any atom is 0.260 e. The second-order valence-electron chi connectivity index (χ2n) is 4.69. The first-order valence-corrected chi connectivity index (χ1v) is 6.77. The molecule has 0 aromatic heterocycles. The van der Waals surface area contributed by atoms with Crippen LogP contribution in [-0.4, -0.2) is 41.2 Å². The smallest absolute Gasteiger partial charge is 0.260 e. The lowest BCUT2D eigenvalue weighted by atomic mass is 9.91. The van der Waals surface area contributed by atoms with Crippen LogP contribution in [0.5, 0.6) is 5.75 Å². The van der Waals surface area contributed by atoms with Gasteiger partial charge in [0.05, 0.1) is 28.7 Å². The third-order valence-corrected chi connectivity index (χ3v) is 3.97. The normalized spacial score (nSPS) is 16.9. The van der Waals surface area contributed by atoms with Crippen LogP contribution in [0, 0.1) is 0 Å². The van der Waals surface area contributed by atoms with Crippen molar-refractivity contribution in [1.29, 1.82) is 0 Å². The molecule has 4 nitrogen and oxygen atoms in total. The van der Waals surface area contributed by atoms with Crippen molar-refractivity contribution >= 4 is 29.1 Å². The zero-order valence-corrected chi connectivity index (χ0v) is 12.0. The molecule has 1 saturated heterocycles. The Bertz CT molecular complexity index is 487. The molecule has 104 valence electrons. The van der Waals surface area contributed by atoms with Gasteiger partial charge in [-0.15, -0.1) is 0 Å².